The first kappa shape index (κ1) is 26.8. The number of benzene rings is 2. The first-order valence-electron chi connectivity index (χ1n) is 12.7. The Morgan fingerprint density at radius 1 is 1.02 bits per heavy atom. The van der Waals surface area contributed by atoms with Crippen molar-refractivity contribution in [2.75, 3.05) is 10.7 Å². The van der Waals surface area contributed by atoms with Crippen LogP contribution in [-0.4, -0.2) is 43.9 Å². The molecule has 4 aromatic rings. The molecule has 3 heterocycles. The minimum absolute atomic E-state index is 0.0333. The van der Waals surface area contributed by atoms with Crippen molar-refractivity contribution in [3.05, 3.63) is 89.1 Å². The first-order chi connectivity index (χ1) is 19.7. The monoisotopic (exact) mass is 576 g/mol. The highest BCUT2D eigenvalue weighted by Crippen LogP contribution is 2.34. The lowest BCUT2D eigenvalue weighted by Crippen LogP contribution is -2.30. The highest BCUT2D eigenvalue weighted by molar-refractivity contribution is 8.15. The molecule has 41 heavy (non-hydrogen) atoms. The summed E-state index contributed by atoms with van der Waals surface area (Å²) in [4.78, 5) is 23.6. The Labute approximate surface area is 237 Å². The normalized spacial score (nSPS) is 16.0. The Balaban J connectivity index is 1.22. The molecule has 1 aliphatic carbocycles. The van der Waals surface area contributed by atoms with E-state index in [1.165, 1.54) is 23.9 Å². The largest absolute Gasteiger partial charge is 0.573 e. The predicted octanol–water partition coefficient (Wildman–Crippen LogP) is 6.02. The quantitative estimate of drug-likeness (QED) is 0.214. The first-order valence-corrected chi connectivity index (χ1v) is 13.7. The lowest BCUT2D eigenvalue weighted by molar-refractivity contribution is -0.274. The molecule has 0 spiro atoms. The molecule has 208 valence electrons. The molecule has 2 aromatic heterocycles. The summed E-state index contributed by atoms with van der Waals surface area (Å²) >= 11 is 1.35. The van der Waals surface area contributed by atoms with Crippen molar-refractivity contribution in [2.24, 2.45) is 10.2 Å². The average Bonchev–Trinajstić information content (AvgIpc) is 3.52. The van der Waals surface area contributed by atoms with E-state index in [1.807, 2.05) is 48.7 Å². The summed E-state index contributed by atoms with van der Waals surface area (Å²) in [6, 6.07) is 15.3. The van der Waals surface area contributed by atoms with Gasteiger partial charge in [0, 0.05) is 11.3 Å². The highest BCUT2D eigenvalue weighted by atomic mass is 32.2. The summed E-state index contributed by atoms with van der Waals surface area (Å²) in [7, 11) is 0. The van der Waals surface area contributed by atoms with Gasteiger partial charge in [0.05, 0.1) is 40.4 Å². The number of aryl methyl sites for hydroxylation is 3. The average molecular weight is 577 g/mol. The van der Waals surface area contributed by atoms with Gasteiger partial charge in [-0.3, -0.25) is 14.7 Å². The van der Waals surface area contributed by atoms with Crippen LogP contribution in [0.3, 0.4) is 0 Å². The van der Waals surface area contributed by atoms with E-state index in [0.29, 0.717) is 35.1 Å². The molecule has 0 atom stereocenters. The van der Waals surface area contributed by atoms with Gasteiger partial charge in [0.25, 0.3) is 0 Å². The van der Waals surface area contributed by atoms with Crippen molar-refractivity contribution in [1.29, 1.82) is 0 Å². The van der Waals surface area contributed by atoms with Crippen LogP contribution in [0, 0.1) is 13.8 Å². The zero-order valence-corrected chi connectivity index (χ0v) is 22.8. The number of thioether (sulfide) groups is 1. The summed E-state index contributed by atoms with van der Waals surface area (Å²) in [5, 5.41) is 9.11. The molecule has 12 heteroatoms. The van der Waals surface area contributed by atoms with E-state index in [1.54, 1.807) is 29.6 Å². The number of ether oxygens (including phenoxy) is 1. The number of aromatic nitrogens is 3. The Kier molecular flexibility index (Phi) is 6.86. The fourth-order valence-electron chi connectivity index (χ4n) is 5.05. The molecule has 1 fully saturated rings. The minimum atomic E-state index is -4.74. The standard InChI is InChI=1S/C29H23F3N6O2S/c1-17-4-3-5-18(2)27(17)38-25(39)15-41-28(38)36-34-14-19-6-11-22-23(35-19)12-13-24-26(22)33-16-37(24)20-7-9-21(10-8-20)40-29(30,31)32/h3-11,14,16H,12-13,15H2,1-2H3. The molecule has 0 N–H and O–H groups in total. The topological polar surface area (TPSA) is 85.0 Å². The fourth-order valence-corrected chi connectivity index (χ4v) is 5.86. The molecule has 0 radical (unpaired) electrons. The molecule has 0 bridgehead atoms. The van der Waals surface area contributed by atoms with Crippen LogP contribution in [-0.2, 0) is 17.6 Å². The van der Waals surface area contributed by atoms with E-state index in [9.17, 15) is 18.0 Å². The van der Waals surface area contributed by atoms with E-state index in [2.05, 4.69) is 19.9 Å². The van der Waals surface area contributed by atoms with Crippen molar-refractivity contribution in [2.45, 2.75) is 33.1 Å². The molecule has 2 aliphatic rings. The van der Waals surface area contributed by atoms with Crippen LogP contribution < -0.4 is 9.64 Å². The number of imidazole rings is 1. The molecule has 8 nitrogen and oxygen atoms in total. The van der Waals surface area contributed by atoms with Crippen molar-refractivity contribution in [3.8, 4) is 22.7 Å². The van der Waals surface area contributed by atoms with Crippen molar-refractivity contribution < 1.29 is 22.7 Å². The van der Waals surface area contributed by atoms with Crippen LogP contribution in [0.2, 0.25) is 0 Å². The second-order valence-electron chi connectivity index (χ2n) is 9.57. The van der Waals surface area contributed by atoms with Gasteiger partial charge in [0.2, 0.25) is 5.91 Å². The maximum Gasteiger partial charge on any atom is 0.573 e. The number of nitrogens with zero attached hydrogens (tertiary/aromatic N) is 6. The number of hydrogen-bond donors (Lipinski definition) is 0. The second-order valence-corrected chi connectivity index (χ2v) is 10.5. The number of fused-ring (bicyclic) bond motifs is 3. The highest BCUT2D eigenvalue weighted by Gasteiger charge is 2.32. The van der Waals surface area contributed by atoms with E-state index in [4.69, 9.17) is 4.98 Å². The number of anilines is 1. The summed E-state index contributed by atoms with van der Waals surface area (Å²) in [6.07, 6.45) is -0.198. The van der Waals surface area contributed by atoms with Gasteiger partial charge in [-0.05, 0) is 74.2 Å². The number of rotatable bonds is 5. The molecule has 1 amide bonds. The predicted molar refractivity (Wildman–Crippen MR) is 152 cm³/mol. The number of alkyl halides is 3. The van der Waals surface area contributed by atoms with Crippen LogP contribution in [0.1, 0.15) is 28.2 Å². The number of carbonyl (C=O) groups is 1. The smallest absolute Gasteiger partial charge is 0.406 e. The number of halogens is 3. The molecule has 0 unspecified atom stereocenters. The molecule has 0 saturated carbocycles. The summed E-state index contributed by atoms with van der Waals surface area (Å²) in [5.74, 6) is -0.00558. The van der Waals surface area contributed by atoms with Gasteiger partial charge in [-0.1, -0.05) is 30.0 Å². The third-order valence-corrected chi connectivity index (χ3v) is 7.74. The van der Waals surface area contributed by atoms with Gasteiger partial charge in [0.1, 0.15) is 12.1 Å². The summed E-state index contributed by atoms with van der Waals surface area (Å²) < 4.78 is 43.3. The molecule has 1 saturated heterocycles. The number of amides is 1. The molecular formula is C29H23F3N6O2S. The molecule has 6 rings (SSSR count). The van der Waals surface area contributed by atoms with Gasteiger partial charge < -0.3 is 9.30 Å². The van der Waals surface area contributed by atoms with Crippen LogP contribution >= 0.6 is 11.8 Å². The number of carbonyl (C=O) groups excluding carboxylic acids is 1. The Hall–Kier alpha value is -4.45. The SMILES string of the molecule is Cc1cccc(C)c1N1C(=O)CSC1=NN=Cc1ccc2c(n1)CCc1c-2ncn1-c1ccc(OC(F)(F)F)cc1. The van der Waals surface area contributed by atoms with E-state index >= 15 is 0 Å². The molecule has 1 aliphatic heterocycles. The lowest BCUT2D eigenvalue weighted by atomic mass is 9.96. The van der Waals surface area contributed by atoms with E-state index in [-0.39, 0.29) is 11.7 Å². The lowest BCUT2D eigenvalue weighted by Gasteiger charge is -2.20. The zero-order chi connectivity index (χ0) is 28.7. The maximum absolute atomic E-state index is 12.6. The van der Waals surface area contributed by atoms with Crippen LogP contribution in [0.4, 0.5) is 18.9 Å². The van der Waals surface area contributed by atoms with Gasteiger partial charge in [-0.15, -0.1) is 18.3 Å². The maximum atomic E-state index is 12.6. The zero-order valence-electron chi connectivity index (χ0n) is 22.0. The number of hydrogen-bond acceptors (Lipinski definition) is 7. The minimum Gasteiger partial charge on any atom is -0.406 e. The van der Waals surface area contributed by atoms with E-state index in [0.717, 1.165) is 39.5 Å². The van der Waals surface area contributed by atoms with Gasteiger partial charge in [0.15, 0.2) is 5.17 Å². The molecular weight excluding hydrogens is 553 g/mol. The summed E-state index contributed by atoms with van der Waals surface area (Å²) in [5.41, 5.74) is 7.62. The van der Waals surface area contributed by atoms with Crippen molar-refractivity contribution in [1.82, 2.24) is 14.5 Å². The Morgan fingerprint density at radius 2 is 1.78 bits per heavy atom. The second kappa shape index (κ2) is 10.5. The number of para-hydroxylation sites is 1. The molecule has 2 aromatic carbocycles. The van der Waals surface area contributed by atoms with Crippen LogP contribution in [0.15, 0.2) is 71.1 Å². The van der Waals surface area contributed by atoms with Crippen molar-refractivity contribution in [3.63, 3.8) is 0 Å². The third-order valence-electron chi connectivity index (χ3n) is 6.83. The number of amidine groups is 1. The van der Waals surface area contributed by atoms with E-state index < -0.39 is 6.36 Å². The van der Waals surface area contributed by atoms with Crippen molar-refractivity contribution >= 4 is 34.7 Å². The Bertz CT molecular complexity index is 1690. The van der Waals surface area contributed by atoms with Crippen LogP contribution in [0.5, 0.6) is 5.75 Å². The Morgan fingerprint density at radius 3 is 2.51 bits per heavy atom. The van der Waals surface area contributed by atoms with Gasteiger partial charge >= 0.3 is 6.36 Å². The fraction of sp³-hybridized carbons (Fsp3) is 0.207. The van der Waals surface area contributed by atoms with Gasteiger partial charge in [-0.25, -0.2) is 4.98 Å². The third kappa shape index (κ3) is 5.34. The summed E-state index contributed by atoms with van der Waals surface area (Å²) in [6.45, 7) is 3.93. The number of pyridine rings is 1. The van der Waals surface area contributed by atoms with Crippen LogP contribution in [0.25, 0.3) is 16.9 Å². The van der Waals surface area contributed by atoms with Gasteiger partial charge in [-0.2, -0.15) is 5.10 Å².